The van der Waals surface area contributed by atoms with Gasteiger partial charge in [0.25, 0.3) is 5.91 Å². The van der Waals surface area contributed by atoms with E-state index < -0.39 is 0 Å². The highest BCUT2D eigenvalue weighted by molar-refractivity contribution is 6.34. The lowest BCUT2D eigenvalue weighted by atomic mass is 9.91. The summed E-state index contributed by atoms with van der Waals surface area (Å²) in [5.41, 5.74) is 0.331. The van der Waals surface area contributed by atoms with Gasteiger partial charge in [-0.05, 0) is 24.3 Å². The van der Waals surface area contributed by atoms with E-state index >= 15 is 0 Å². The zero-order valence-electron chi connectivity index (χ0n) is 10.4. The second kappa shape index (κ2) is 5.41. The molecule has 98 valence electrons. The highest BCUT2D eigenvalue weighted by Crippen LogP contribution is 2.24. The molecule has 1 aromatic rings. The Morgan fingerprint density at radius 2 is 1.89 bits per heavy atom. The van der Waals surface area contributed by atoms with Crippen LogP contribution in [0, 0.1) is 11.8 Å². The molecule has 0 radical (unpaired) electrons. The largest absolute Gasteiger partial charge is 0.338 e. The number of carbonyl (C=O) groups is 1. The Bertz CT molecular complexity index is 457. The highest BCUT2D eigenvalue weighted by atomic mass is 35.5. The molecule has 1 aromatic heterocycles. The van der Waals surface area contributed by atoms with Crippen molar-refractivity contribution in [3.8, 4) is 0 Å². The Morgan fingerprint density at radius 1 is 1.28 bits per heavy atom. The van der Waals surface area contributed by atoms with Crippen molar-refractivity contribution in [3.05, 3.63) is 21.9 Å². The van der Waals surface area contributed by atoms with Gasteiger partial charge in [-0.2, -0.15) is 0 Å². The average molecular weight is 288 g/mol. The van der Waals surface area contributed by atoms with E-state index in [1.54, 1.807) is 0 Å². The molecule has 4 nitrogen and oxygen atoms in total. The molecular formula is C12H15Cl2N3O. The molecule has 2 atom stereocenters. The molecule has 0 N–H and O–H groups in total. The maximum atomic E-state index is 12.4. The van der Waals surface area contributed by atoms with E-state index in [2.05, 4.69) is 24.0 Å². The van der Waals surface area contributed by atoms with Crippen molar-refractivity contribution in [2.45, 2.75) is 20.3 Å². The molecule has 0 bridgehead atoms. The van der Waals surface area contributed by atoms with Gasteiger partial charge >= 0.3 is 0 Å². The number of likely N-dealkylation sites (tertiary alicyclic amines) is 1. The first-order valence-corrected chi connectivity index (χ1v) is 6.71. The van der Waals surface area contributed by atoms with Gasteiger partial charge < -0.3 is 4.90 Å². The summed E-state index contributed by atoms with van der Waals surface area (Å²) in [5.74, 6) is 0.888. The number of piperidine rings is 1. The monoisotopic (exact) mass is 287 g/mol. The molecule has 1 aliphatic heterocycles. The molecule has 2 heterocycles. The third kappa shape index (κ3) is 2.93. The first kappa shape index (κ1) is 13.6. The van der Waals surface area contributed by atoms with Crippen molar-refractivity contribution in [3.63, 3.8) is 0 Å². The maximum absolute atomic E-state index is 12.4. The SMILES string of the molecule is CC1CC(C)CN(C(=O)c2cc(Cl)nnc2Cl)C1. The Morgan fingerprint density at radius 3 is 2.50 bits per heavy atom. The second-order valence-corrected chi connectivity index (χ2v) is 5.77. The third-order valence-corrected chi connectivity index (χ3v) is 3.57. The zero-order chi connectivity index (χ0) is 13.3. The summed E-state index contributed by atoms with van der Waals surface area (Å²) in [6.45, 7) is 5.80. The number of hydrogen-bond acceptors (Lipinski definition) is 3. The Balaban J connectivity index is 2.22. The predicted molar refractivity (Wildman–Crippen MR) is 70.9 cm³/mol. The van der Waals surface area contributed by atoms with Gasteiger partial charge in [-0.15, -0.1) is 10.2 Å². The van der Waals surface area contributed by atoms with Crippen LogP contribution in [0.15, 0.2) is 6.07 Å². The summed E-state index contributed by atoms with van der Waals surface area (Å²) >= 11 is 11.7. The molecule has 1 fully saturated rings. The molecule has 2 rings (SSSR count). The molecular weight excluding hydrogens is 273 g/mol. The van der Waals surface area contributed by atoms with Gasteiger partial charge in [-0.25, -0.2) is 0 Å². The summed E-state index contributed by atoms with van der Waals surface area (Å²) in [4.78, 5) is 14.2. The molecule has 0 aromatic carbocycles. The minimum Gasteiger partial charge on any atom is -0.338 e. The zero-order valence-corrected chi connectivity index (χ0v) is 11.9. The number of nitrogens with zero attached hydrogens (tertiary/aromatic N) is 3. The molecule has 0 saturated carbocycles. The lowest BCUT2D eigenvalue weighted by molar-refractivity contribution is 0.0622. The number of aromatic nitrogens is 2. The fourth-order valence-electron chi connectivity index (χ4n) is 2.50. The summed E-state index contributed by atoms with van der Waals surface area (Å²) < 4.78 is 0. The molecule has 1 aliphatic rings. The molecule has 1 amide bonds. The van der Waals surface area contributed by atoms with E-state index in [0.717, 1.165) is 19.5 Å². The van der Waals surface area contributed by atoms with E-state index in [0.29, 0.717) is 17.4 Å². The minimum atomic E-state index is -0.116. The van der Waals surface area contributed by atoms with Gasteiger partial charge in [0.1, 0.15) is 0 Å². The van der Waals surface area contributed by atoms with Crippen molar-refractivity contribution in [2.24, 2.45) is 11.8 Å². The van der Waals surface area contributed by atoms with Gasteiger partial charge in [0, 0.05) is 13.1 Å². The first-order chi connectivity index (χ1) is 8.47. The second-order valence-electron chi connectivity index (χ2n) is 5.03. The topological polar surface area (TPSA) is 46.1 Å². The van der Waals surface area contributed by atoms with Crippen molar-refractivity contribution in [1.82, 2.24) is 15.1 Å². The van der Waals surface area contributed by atoms with Crippen LogP contribution in [0.4, 0.5) is 0 Å². The molecule has 1 saturated heterocycles. The molecule has 0 spiro atoms. The van der Waals surface area contributed by atoms with E-state index in [-0.39, 0.29) is 16.2 Å². The van der Waals surface area contributed by atoms with Crippen LogP contribution in [-0.2, 0) is 0 Å². The molecule has 18 heavy (non-hydrogen) atoms. The molecule has 0 aliphatic carbocycles. The Hall–Kier alpha value is -0.870. The minimum absolute atomic E-state index is 0.107. The van der Waals surface area contributed by atoms with Gasteiger partial charge in [0.2, 0.25) is 0 Å². The maximum Gasteiger partial charge on any atom is 0.257 e. The number of halogens is 2. The summed E-state index contributed by atoms with van der Waals surface area (Å²) in [7, 11) is 0. The average Bonchev–Trinajstić information content (AvgIpc) is 2.30. The van der Waals surface area contributed by atoms with Crippen molar-refractivity contribution < 1.29 is 4.79 Å². The van der Waals surface area contributed by atoms with Crippen LogP contribution < -0.4 is 0 Å². The first-order valence-electron chi connectivity index (χ1n) is 5.95. The van der Waals surface area contributed by atoms with Crippen molar-refractivity contribution in [2.75, 3.05) is 13.1 Å². The normalized spacial score (nSPS) is 24.1. The number of carbonyl (C=O) groups excluding carboxylic acids is 1. The molecule has 2 unspecified atom stereocenters. The van der Waals surface area contributed by atoms with E-state index in [1.807, 2.05) is 4.90 Å². The van der Waals surface area contributed by atoms with Gasteiger partial charge in [-0.3, -0.25) is 4.79 Å². The van der Waals surface area contributed by atoms with E-state index in [4.69, 9.17) is 23.2 Å². The van der Waals surface area contributed by atoms with E-state index in [9.17, 15) is 4.79 Å². The van der Waals surface area contributed by atoms with Gasteiger partial charge in [-0.1, -0.05) is 37.0 Å². The van der Waals surface area contributed by atoms with Crippen LogP contribution in [0.2, 0.25) is 10.3 Å². The Kier molecular flexibility index (Phi) is 4.07. The fraction of sp³-hybridized carbons (Fsp3) is 0.583. The number of hydrogen-bond donors (Lipinski definition) is 0. The Labute approximate surface area is 116 Å². The summed E-state index contributed by atoms with van der Waals surface area (Å²) in [6.07, 6.45) is 1.15. The van der Waals surface area contributed by atoms with Crippen LogP contribution in [-0.4, -0.2) is 34.1 Å². The van der Waals surface area contributed by atoms with Crippen LogP contribution in [0.5, 0.6) is 0 Å². The lowest BCUT2D eigenvalue weighted by Crippen LogP contribution is -2.42. The van der Waals surface area contributed by atoms with Crippen LogP contribution in [0.3, 0.4) is 0 Å². The lowest BCUT2D eigenvalue weighted by Gasteiger charge is -2.35. The summed E-state index contributed by atoms with van der Waals surface area (Å²) in [5, 5.41) is 7.57. The van der Waals surface area contributed by atoms with E-state index in [1.165, 1.54) is 6.07 Å². The fourth-order valence-corrected chi connectivity index (χ4v) is 2.82. The quantitative estimate of drug-likeness (QED) is 0.798. The predicted octanol–water partition coefficient (Wildman–Crippen LogP) is 2.90. The van der Waals surface area contributed by atoms with Crippen LogP contribution in [0.25, 0.3) is 0 Å². The number of amides is 1. The van der Waals surface area contributed by atoms with Crippen molar-refractivity contribution >= 4 is 29.1 Å². The number of rotatable bonds is 1. The summed E-state index contributed by atoms with van der Waals surface area (Å²) in [6, 6.07) is 1.48. The van der Waals surface area contributed by atoms with Crippen LogP contribution in [0.1, 0.15) is 30.6 Å². The van der Waals surface area contributed by atoms with Gasteiger partial charge in [0.15, 0.2) is 10.3 Å². The molecule has 6 heteroatoms. The van der Waals surface area contributed by atoms with Gasteiger partial charge in [0.05, 0.1) is 5.56 Å². The standard InChI is InChI=1S/C12H15Cl2N3O/c1-7-3-8(2)6-17(5-7)12(18)9-4-10(13)15-16-11(9)14/h4,7-8H,3,5-6H2,1-2H3. The highest BCUT2D eigenvalue weighted by Gasteiger charge is 2.27. The smallest absolute Gasteiger partial charge is 0.257 e. The van der Waals surface area contributed by atoms with Crippen LogP contribution >= 0.6 is 23.2 Å². The van der Waals surface area contributed by atoms with Crippen molar-refractivity contribution in [1.29, 1.82) is 0 Å². The third-order valence-electron chi connectivity index (χ3n) is 3.11.